The van der Waals surface area contributed by atoms with E-state index >= 15 is 0 Å². The molecule has 1 saturated heterocycles. The molecule has 3 nitrogen and oxygen atoms in total. The minimum Gasteiger partial charge on any atom is -0.360 e. The summed E-state index contributed by atoms with van der Waals surface area (Å²) >= 11 is 0. The minimum atomic E-state index is 0.309. The number of carbonyl (C=O) groups is 1. The normalized spacial score (nSPS) is 47.5. The highest BCUT2D eigenvalue weighted by atomic mass is 16.5. The number of carbonyl (C=O) groups excluding carboxylic acids is 1. The van der Waals surface area contributed by atoms with E-state index in [9.17, 15) is 0 Å². The predicted molar refractivity (Wildman–Crippen MR) is 139 cm³/mol. The van der Waals surface area contributed by atoms with Crippen molar-refractivity contribution in [1.29, 1.82) is 0 Å². The molecule has 0 bridgehead atoms. The van der Waals surface area contributed by atoms with Gasteiger partial charge in [-0.1, -0.05) is 60.8 Å². The zero-order valence-corrected chi connectivity index (χ0v) is 23.0. The fraction of sp³-hybridized carbons (Fsp3) is 0.967. The molecule has 1 N–H and O–H groups in total. The summed E-state index contributed by atoms with van der Waals surface area (Å²) in [5.74, 6) is 5.43. The van der Waals surface area contributed by atoms with Gasteiger partial charge in [-0.25, -0.2) is 0 Å². The quantitative estimate of drug-likeness (QED) is 0.345. The van der Waals surface area contributed by atoms with Gasteiger partial charge in [-0.2, -0.15) is 0 Å². The summed E-state index contributed by atoms with van der Waals surface area (Å²) in [7, 11) is 0. The molecule has 4 unspecified atom stereocenters. The first-order chi connectivity index (χ1) is 15.9. The molecule has 0 spiro atoms. The second kappa shape index (κ2) is 11.5. The Labute approximate surface area is 205 Å². The van der Waals surface area contributed by atoms with Gasteiger partial charge in [0.25, 0.3) is 0 Å². The van der Waals surface area contributed by atoms with Crippen molar-refractivity contribution in [2.75, 3.05) is 6.54 Å². The Morgan fingerprint density at radius 1 is 1.00 bits per heavy atom. The number of unbranched alkanes of at least 4 members (excludes halogenated alkanes) is 1. The average Bonchev–Trinajstić information content (AvgIpc) is 3.29. The third-order valence-corrected chi connectivity index (χ3v) is 10.9. The van der Waals surface area contributed by atoms with Crippen LogP contribution in [0.2, 0.25) is 0 Å². The summed E-state index contributed by atoms with van der Waals surface area (Å²) in [6.45, 7) is 16.7. The highest BCUT2D eigenvalue weighted by Gasteiger charge is 2.65. The molecule has 33 heavy (non-hydrogen) atoms. The molecule has 4 aliphatic carbocycles. The summed E-state index contributed by atoms with van der Waals surface area (Å²) in [5.41, 5.74) is 1.20. The van der Waals surface area contributed by atoms with Crippen LogP contribution in [0.15, 0.2) is 0 Å². The van der Waals surface area contributed by atoms with Crippen molar-refractivity contribution in [1.82, 2.24) is 5.32 Å². The van der Waals surface area contributed by atoms with Gasteiger partial charge in [0.05, 0.1) is 6.10 Å². The largest absolute Gasteiger partial charge is 0.360 e. The monoisotopic (exact) mass is 461 g/mol. The Kier molecular flexibility index (Phi) is 9.51. The van der Waals surface area contributed by atoms with Gasteiger partial charge >= 0.3 is 0 Å². The SMILES string of the molecule is CC.CC=O.CCCCN[C@H]1O[C@H]2CC3[C@@H]4CCC5CCCC[C@]5(C)C4CC[C@]3(C)C2[C@@H]1C. The summed E-state index contributed by atoms with van der Waals surface area (Å²) in [6, 6.07) is 0. The highest BCUT2D eigenvalue weighted by molar-refractivity contribution is 5.44. The number of hydrogen-bond acceptors (Lipinski definition) is 3. The lowest BCUT2D eigenvalue weighted by molar-refractivity contribution is -0.115. The first-order valence-corrected chi connectivity index (χ1v) is 14.7. The third-order valence-electron chi connectivity index (χ3n) is 10.9. The molecule has 5 fully saturated rings. The van der Waals surface area contributed by atoms with Gasteiger partial charge in [0.1, 0.15) is 12.5 Å². The van der Waals surface area contributed by atoms with Crippen molar-refractivity contribution in [3.63, 3.8) is 0 Å². The molecular weight excluding hydrogens is 406 g/mol. The maximum absolute atomic E-state index is 8.81. The van der Waals surface area contributed by atoms with Gasteiger partial charge in [-0.15, -0.1) is 0 Å². The second-order valence-corrected chi connectivity index (χ2v) is 12.2. The second-order valence-electron chi connectivity index (χ2n) is 12.2. The van der Waals surface area contributed by atoms with E-state index in [0.29, 0.717) is 29.1 Å². The standard InChI is InChI=1S/C26H45NO.C2H4O.C2H6/c1-5-6-15-27-24-17(2)23-22(28-24)16-21-19-11-10-18-9-7-8-13-25(18,3)20(19)12-14-26(21,23)4;1-2-3;1-2/h17-24,27H,5-16H2,1-4H3;2H,1H3;1-2H3/t17-,18?,19+,20?,21?,22-,23?,24-,25-,26-;;/m0../s1. The molecule has 1 aliphatic heterocycles. The van der Waals surface area contributed by atoms with Gasteiger partial charge in [0, 0.05) is 5.92 Å². The lowest BCUT2D eigenvalue weighted by Crippen LogP contribution is -2.53. The van der Waals surface area contributed by atoms with Gasteiger partial charge in [0.15, 0.2) is 0 Å². The van der Waals surface area contributed by atoms with Crippen LogP contribution in [-0.4, -0.2) is 25.2 Å². The molecule has 4 saturated carbocycles. The van der Waals surface area contributed by atoms with Gasteiger partial charge in [-0.05, 0) is 105 Å². The van der Waals surface area contributed by atoms with E-state index < -0.39 is 0 Å². The molecule has 0 amide bonds. The topological polar surface area (TPSA) is 38.3 Å². The van der Waals surface area contributed by atoms with Gasteiger partial charge in [0.2, 0.25) is 0 Å². The Morgan fingerprint density at radius 2 is 1.73 bits per heavy atom. The van der Waals surface area contributed by atoms with E-state index in [4.69, 9.17) is 9.53 Å². The number of ether oxygens (including phenoxy) is 1. The van der Waals surface area contributed by atoms with Gasteiger partial charge < -0.3 is 9.53 Å². The molecule has 5 aliphatic rings. The van der Waals surface area contributed by atoms with Crippen LogP contribution in [0.5, 0.6) is 0 Å². The molecular formula is C30H55NO2. The highest BCUT2D eigenvalue weighted by Crippen LogP contribution is 2.69. The molecule has 0 aromatic rings. The van der Waals surface area contributed by atoms with E-state index in [1.165, 1.54) is 77.6 Å². The van der Waals surface area contributed by atoms with Crippen LogP contribution in [0.3, 0.4) is 0 Å². The van der Waals surface area contributed by atoms with Crippen LogP contribution in [0.25, 0.3) is 0 Å². The van der Waals surface area contributed by atoms with Crippen LogP contribution >= 0.6 is 0 Å². The minimum absolute atomic E-state index is 0.309. The van der Waals surface area contributed by atoms with Crippen LogP contribution < -0.4 is 5.32 Å². The van der Waals surface area contributed by atoms with Crippen molar-refractivity contribution in [2.24, 2.45) is 46.3 Å². The number of rotatable bonds is 4. The number of aldehydes is 1. The number of nitrogens with one attached hydrogen (secondary N) is 1. The lowest BCUT2D eigenvalue weighted by Gasteiger charge is -2.60. The summed E-state index contributed by atoms with van der Waals surface area (Å²) in [6.07, 6.45) is 17.6. The first kappa shape index (κ1) is 27.2. The maximum Gasteiger partial charge on any atom is 0.116 e. The van der Waals surface area contributed by atoms with Crippen molar-refractivity contribution in [3.05, 3.63) is 0 Å². The number of hydrogen-bond donors (Lipinski definition) is 1. The zero-order valence-electron chi connectivity index (χ0n) is 23.0. The van der Waals surface area contributed by atoms with E-state index in [2.05, 4.69) is 33.0 Å². The van der Waals surface area contributed by atoms with E-state index in [-0.39, 0.29) is 0 Å². The summed E-state index contributed by atoms with van der Waals surface area (Å²) in [5, 5.41) is 3.75. The average molecular weight is 462 g/mol. The fourth-order valence-electron chi connectivity index (χ4n) is 9.56. The smallest absolute Gasteiger partial charge is 0.116 e. The predicted octanol–water partition coefficient (Wildman–Crippen LogP) is 7.63. The Morgan fingerprint density at radius 3 is 2.42 bits per heavy atom. The van der Waals surface area contributed by atoms with Crippen LogP contribution in [0.1, 0.15) is 119 Å². The van der Waals surface area contributed by atoms with E-state index in [0.717, 1.165) is 42.4 Å². The van der Waals surface area contributed by atoms with Crippen molar-refractivity contribution < 1.29 is 9.53 Å². The molecule has 0 aromatic carbocycles. The van der Waals surface area contributed by atoms with E-state index in [1.807, 2.05) is 13.8 Å². The Balaban J connectivity index is 0.000000569. The lowest BCUT2D eigenvalue weighted by atomic mass is 9.44. The molecule has 3 heteroatoms. The van der Waals surface area contributed by atoms with Crippen molar-refractivity contribution in [2.45, 2.75) is 131 Å². The molecule has 1 heterocycles. The van der Waals surface area contributed by atoms with Crippen LogP contribution in [0, 0.1) is 46.3 Å². The molecule has 0 aromatic heterocycles. The molecule has 10 atom stereocenters. The molecule has 5 rings (SSSR count). The molecule has 0 radical (unpaired) electrons. The van der Waals surface area contributed by atoms with Crippen molar-refractivity contribution in [3.8, 4) is 0 Å². The first-order valence-electron chi connectivity index (χ1n) is 14.7. The third kappa shape index (κ3) is 4.84. The Bertz CT molecular complexity index is 622. The van der Waals surface area contributed by atoms with E-state index in [1.54, 1.807) is 0 Å². The maximum atomic E-state index is 8.81. The van der Waals surface area contributed by atoms with Crippen LogP contribution in [-0.2, 0) is 9.53 Å². The van der Waals surface area contributed by atoms with Gasteiger partial charge in [-0.3, -0.25) is 5.32 Å². The van der Waals surface area contributed by atoms with Crippen LogP contribution in [0.4, 0.5) is 0 Å². The summed E-state index contributed by atoms with van der Waals surface area (Å²) in [4.78, 5) is 8.81. The fourth-order valence-corrected chi connectivity index (χ4v) is 9.56. The van der Waals surface area contributed by atoms with Crippen molar-refractivity contribution >= 4 is 6.29 Å². The molecule has 192 valence electrons. The Hall–Kier alpha value is -0.410. The number of fused-ring (bicyclic) bond motifs is 7. The summed E-state index contributed by atoms with van der Waals surface area (Å²) < 4.78 is 6.70. The zero-order chi connectivity index (χ0) is 24.2.